The molecule has 74 valence electrons. The summed E-state index contributed by atoms with van der Waals surface area (Å²) >= 11 is 0. The second-order valence-corrected chi connectivity index (χ2v) is 3.77. The fourth-order valence-corrected chi connectivity index (χ4v) is 1.52. The van der Waals surface area contributed by atoms with E-state index in [1.807, 2.05) is 13.0 Å². The average Bonchev–Trinajstić information content (AvgIpc) is 2.05. The largest absolute Gasteiger partial charge is 0.508 e. The van der Waals surface area contributed by atoms with E-state index in [1.165, 1.54) is 0 Å². The van der Waals surface area contributed by atoms with Crippen LogP contribution < -0.4 is 5.73 Å². The first-order chi connectivity index (χ1) is 6.06. The minimum Gasteiger partial charge on any atom is -0.508 e. The zero-order chi connectivity index (χ0) is 9.90. The molecule has 0 saturated heterocycles. The molecule has 0 bridgehead atoms. The van der Waals surface area contributed by atoms with Crippen molar-refractivity contribution in [2.45, 2.75) is 18.9 Å². The van der Waals surface area contributed by atoms with Crippen LogP contribution in [0.2, 0.25) is 0 Å². The monoisotopic (exact) mass is 183 g/mol. The molecule has 0 saturated carbocycles. The lowest BCUT2D eigenvalue weighted by Crippen LogP contribution is -2.47. The summed E-state index contributed by atoms with van der Waals surface area (Å²) in [5.41, 5.74) is 5.70. The van der Waals surface area contributed by atoms with Crippen molar-refractivity contribution in [2.75, 3.05) is 13.7 Å². The van der Waals surface area contributed by atoms with Crippen LogP contribution in [-0.2, 0) is 4.74 Å². The van der Waals surface area contributed by atoms with Gasteiger partial charge in [-0.2, -0.15) is 0 Å². The third-order valence-electron chi connectivity index (χ3n) is 2.38. The molecule has 0 radical (unpaired) electrons. The molecule has 0 aromatic heterocycles. The van der Waals surface area contributed by atoms with Crippen molar-refractivity contribution >= 4 is 0 Å². The minimum absolute atomic E-state index is 0.239. The molecule has 0 spiro atoms. The summed E-state index contributed by atoms with van der Waals surface area (Å²) in [6.45, 7) is 2.48. The Morgan fingerprint density at radius 3 is 2.92 bits per heavy atom. The SMILES string of the molecule is COCC(C)(N)C1C=CC(O)=CC1. The van der Waals surface area contributed by atoms with Gasteiger partial charge in [0.25, 0.3) is 0 Å². The summed E-state index contributed by atoms with van der Waals surface area (Å²) < 4.78 is 5.04. The highest BCUT2D eigenvalue weighted by Crippen LogP contribution is 2.24. The van der Waals surface area contributed by atoms with Gasteiger partial charge in [-0.3, -0.25) is 0 Å². The van der Waals surface area contributed by atoms with Crippen LogP contribution in [-0.4, -0.2) is 24.4 Å². The van der Waals surface area contributed by atoms with E-state index in [0.29, 0.717) is 12.4 Å². The highest BCUT2D eigenvalue weighted by molar-refractivity contribution is 5.19. The van der Waals surface area contributed by atoms with E-state index in [-0.39, 0.29) is 11.5 Å². The molecule has 0 aliphatic heterocycles. The molecular weight excluding hydrogens is 166 g/mol. The Balaban J connectivity index is 2.60. The van der Waals surface area contributed by atoms with Crippen LogP contribution in [0.4, 0.5) is 0 Å². The van der Waals surface area contributed by atoms with E-state index < -0.39 is 0 Å². The number of nitrogens with two attached hydrogens (primary N) is 1. The van der Waals surface area contributed by atoms with E-state index >= 15 is 0 Å². The van der Waals surface area contributed by atoms with Crippen molar-refractivity contribution in [3.8, 4) is 0 Å². The number of allylic oxidation sites excluding steroid dienone is 2. The number of hydrogen-bond acceptors (Lipinski definition) is 3. The van der Waals surface area contributed by atoms with Crippen LogP contribution in [0.3, 0.4) is 0 Å². The van der Waals surface area contributed by atoms with Gasteiger partial charge in [0.05, 0.1) is 6.61 Å². The Bertz CT molecular complexity index is 231. The number of rotatable bonds is 3. The van der Waals surface area contributed by atoms with Gasteiger partial charge < -0.3 is 15.6 Å². The van der Waals surface area contributed by atoms with Gasteiger partial charge in [0.2, 0.25) is 0 Å². The predicted molar refractivity (Wildman–Crippen MR) is 52.4 cm³/mol. The Morgan fingerprint density at radius 1 is 1.77 bits per heavy atom. The smallest absolute Gasteiger partial charge is 0.111 e. The summed E-state index contributed by atoms with van der Waals surface area (Å²) in [6, 6.07) is 0. The molecule has 0 heterocycles. The first kappa shape index (κ1) is 10.3. The van der Waals surface area contributed by atoms with Gasteiger partial charge >= 0.3 is 0 Å². The molecule has 2 unspecified atom stereocenters. The van der Waals surface area contributed by atoms with Crippen molar-refractivity contribution in [3.63, 3.8) is 0 Å². The standard InChI is InChI=1S/C10H17NO2/c1-10(11,7-13-2)8-3-5-9(12)6-4-8/h3,5-6,8,12H,4,7,11H2,1-2H3. The van der Waals surface area contributed by atoms with E-state index in [2.05, 4.69) is 0 Å². The van der Waals surface area contributed by atoms with Crippen LogP contribution in [0, 0.1) is 5.92 Å². The van der Waals surface area contributed by atoms with Gasteiger partial charge in [-0.1, -0.05) is 6.08 Å². The maximum atomic E-state index is 9.12. The highest BCUT2D eigenvalue weighted by Gasteiger charge is 2.28. The number of aliphatic hydroxyl groups is 1. The molecule has 1 aliphatic carbocycles. The number of ether oxygens (including phenoxy) is 1. The maximum absolute atomic E-state index is 9.12. The molecule has 0 amide bonds. The predicted octanol–water partition coefficient (Wildman–Crippen LogP) is 1.37. The van der Waals surface area contributed by atoms with Crippen molar-refractivity contribution < 1.29 is 9.84 Å². The summed E-state index contributed by atoms with van der Waals surface area (Å²) in [5, 5.41) is 9.12. The van der Waals surface area contributed by atoms with Crippen LogP contribution in [0.25, 0.3) is 0 Å². The van der Waals surface area contributed by atoms with Crippen LogP contribution in [0.5, 0.6) is 0 Å². The van der Waals surface area contributed by atoms with Crippen LogP contribution >= 0.6 is 0 Å². The van der Waals surface area contributed by atoms with E-state index in [9.17, 15) is 0 Å². The van der Waals surface area contributed by atoms with Gasteiger partial charge in [-0.15, -0.1) is 0 Å². The van der Waals surface area contributed by atoms with Gasteiger partial charge in [-0.25, -0.2) is 0 Å². The summed E-state index contributed by atoms with van der Waals surface area (Å²) in [5.74, 6) is 0.563. The van der Waals surface area contributed by atoms with E-state index in [0.717, 1.165) is 6.42 Å². The molecule has 0 aromatic carbocycles. The van der Waals surface area contributed by atoms with Crippen molar-refractivity contribution in [3.05, 3.63) is 24.0 Å². The van der Waals surface area contributed by atoms with Gasteiger partial charge in [0.1, 0.15) is 5.76 Å². The van der Waals surface area contributed by atoms with Crippen LogP contribution in [0.1, 0.15) is 13.3 Å². The quantitative estimate of drug-likeness (QED) is 0.694. The van der Waals surface area contributed by atoms with E-state index in [1.54, 1.807) is 19.3 Å². The fourth-order valence-electron chi connectivity index (χ4n) is 1.52. The summed E-state index contributed by atoms with van der Waals surface area (Å²) in [4.78, 5) is 0. The van der Waals surface area contributed by atoms with Gasteiger partial charge in [0, 0.05) is 18.6 Å². The molecule has 0 fully saturated rings. The Labute approximate surface area is 78.9 Å². The van der Waals surface area contributed by atoms with Crippen molar-refractivity contribution in [1.82, 2.24) is 0 Å². The lowest BCUT2D eigenvalue weighted by molar-refractivity contribution is 0.118. The number of hydrogen-bond donors (Lipinski definition) is 2. The molecule has 3 N–H and O–H groups in total. The lowest BCUT2D eigenvalue weighted by atomic mass is 9.82. The molecule has 13 heavy (non-hydrogen) atoms. The van der Waals surface area contributed by atoms with E-state index in [4.69, 9.17) is 15.6 Å². The highest BCUT2D eigenvalue weighted by atomic mass is 16.5. The third-order valence-corrected chi connectivity index (χ3v) is 2.38. The molecular formula is C10H17NO2. The topological polar surface area (TPSA) is 55.5 Å². The Hall–Kier alpha value is -0.800. The maximum Gasteiger partial charge on any atom is 0.111 e. The minimum atomic E-state index is -0.359. The Kier molecular flexibility index (Phi) is 3.12. The zero-order valence-corrected chi connectivity index (χ0v) is 8.16. The van der Waals surface area contributed by atoms with Gasteiger partial charge in [-0.05, 0) is 25.5 Å². The van der Waals surface area contributed by atoms with Gasteiger partial charge in [0.15, 0.2) is 0 Å². The zero-order valence-electron chi connectivity index (χ0n) is 8.16. The fraction of sp³-hybridized carbons (Fsp3) is 0.600. The Morgan fingerprint density at radius 2 is 2.46 bits per heavy atom. The van der Waals surface area contributed by atoms with Crippen molar-refractivity contribution in [2.24, 2.45) is 11.7 Å². The first-order valence-corrected chi connectivity index (χ1v) is 4.41. The summed E-state index contributed by atoms with van der Waals surface area (Å²) in [6.07, 6.45) is 6.19. The first-order valence-electron chi connectivity index (χ1n) is 4.41. The number of aliphatic hydroxyl groups excluding tert-OH is 1. The molecule has 0 aromatic rings. The molecule has 3 nitrogen and oxygen atoms in total. The lowest BCUT2D eigenvalue weighted by Gasteiger charge is -2.32. The van der Waals surface area contributed by atoms with Crippen molar-refractivity contribution in [1.29, 1.82) is 0 Å². The second kappa shape index (κ2) is 3.94. The molecule has 3 heteroatoms. The average molecular weight is 183 g/mol. The number of methoxy groups -OCH3 is 1. The molecule has 2 atom stereocenters. The van der Waals surface area contributed by atoms with Crippen LogP contribution in [0.15, 0.2) is 24.0 Å². The second-order valence-electron chi connectivity index (χ2n) is 3.77. The summed E-state index contributed by atoms with van der Waals surface area (Å²) in [7, 11) is 1.64. The molecule has 1 rings (SSSR count). The normalized spacial score (nSPS) is 26.7. The molecule has 1 aliphatic rings. The third kappa shape index (κ3) is 2.57.